The number of benzene rings is 2. The van der Waals surface area contributed by atoms with Crippen LogP contribution in [0.2, 0.25) is 0 Å². The summed E-state index contributed by atoms with van der Waals surface area (Å²) in [6.07, 6.45) is 18.9. The molecule has 0 atom stereocenters. The van der Waals surface area contributed by atoms with E-state index in [2.05, 4.69) is 31.7 Å². The monoisotopic (exact) mass is 478 g/mol. The van der Waals surface area contributed by atoms with Gasteiger partial charge >= 0.3 is 0 Å². The van der Waals surface area contributed by atoms with Gasteiger partial charge in [0.25, 0.3) is 0 Å². The van der Waals surface area contributed by atoms with E-state index in [1.165, 1.54) is 76.2 Å². The first kappa shape index (κ1) is 26.1. The van der Waals surface area contributed by atoms with Crippen molar-refractivity contribution in [3.8, 4) is 11.1 Å². The highest BCUT2D eigenvalue weighted by atomic mass is 19.2. The van der Waals surface area contributed by atoms with E-state index >= 15 is 4.39 Å². The highest BCUT2D eigenvalue weighted by Crippen LogP contribution is 2.35. The molecule has 190 valence electrons. The predicted octanol–water partition coefficient (Wildman–Crippen LogP) is 10.1. The zero-order valence-electron chi connectivity index (χ0n) is 21.7. The molecule has 0 N–H and O–H groups in total. The molecule has 0 heterocycles. The number of hydrogen-bond acceptors (Lipinski definition) is 0. The van der Waals surface area contributed by atoms with Gasteiger partial charge in [-0.3, -0.25) is 0 Å². The van der Waals surface area contributed by atoms with Crippen LogP contribution >= 0.6 is 0 Å². The molecule has 2 aliphatic carbocycles. The van der Waals surface area contributed by atoms with E-state index in [1.54, 1.807) is 12.1 Å². The van der Waals surface area contributed by atoms with Gasteiger partial charge in [-0.2, -0.15) is 0 Å². The summed E-state index contributed by atoms with van der Waals surface area (Å²) in [5.41, 5.74) is 2.95. The standard InChI is InChI=1S/C33H44F2/c1-3-5-25-10-12-26(13-11-25)14-15-28-16-19-29(20-17-28)31-23-22-30(32(34)33(31)35)21-18-27-8-6-24(4-2)7-9-27/h4,16-17,19-20,22-27H,2-3,5-15,18,21H2,1H3. The van der Waals surface area contributed by atoms with E-state index in [-0.39, 0.29) is 0 Å². The molecule has 2 aromatic rings. The molecule has 2 heteroatoms. The van der Waals surface area contributed by atoms with Gasteiger partial charge in [-0.1, -0.05) is 87.9 Å². The first-order valence-electron chi connectivity index (χ1n) is 14.3. The van der Waals surface area contributed by atoms with E-state index in [4.69, 9.17) is 0 Å². The van der Waals surface area contributed by atoms with Gasteiger partial charge in [0.05, 0.1) is 0 Å². The van der Waals surface area contributed by atoms with Crippen molar-refractivity contribution >= 4 is 0 Å². The molecule has 2 aliphatic rings. The van der Waals surface area contributed by atoms with Crippen LogP contribution in [0.1, 0.15) is 95.1 Å². The largest absolute Gasteiger partial charge is 0.203 e. The van der Waals surface area contributed by atoms with Crippen molar-refractivity contribution in [3.05, 3.63) is 71.8 Å². The Hall–Kier alpha value is -1.96. The molecule has 0 aromatic heterocycles. The fraction of sp³-hybridized carbons (Fsp3) is 0.576. The molecule has 35 heavy (non-hydrogen) atoms. The summed E-state index contributed by atoms with van der Waals surface area (Å²) in [4.78, 5) is 0. The Morgan fingerprint density at radius 2 is 1.29 bits per heavy atom. The van der Waals surface area contributed by atoms with E-state index in [1.807, 2.05) is 12.1 Å². The molecule has 2 saturated carbocycles. The predicted molar refractivity (Wildman–Crippen MR) is 144 cm³/mol. The molecule has 0 radical (unpaired) electrons. The SMILES string of the molecule is C=CC1CCC(CCc2ccc(-c3ccc(CCC4CCC(CCC)CC4)cc3)c(F)c2F)CC1. The maximum Gasteiger partial charge on any atom is 0.166 e. The van der Waals surface area contributed by atoms with Crippen LogP contribution < -0.4 is 0 Å². The summed E-state index contributed by atoms with van der Waals surface area (Å²) in [5, 5.41) is 0. The highest BCUT2D eigenvalue weighted by Gasteiger charge is 2.22. The average molecular weight is 479 g/mol. The van der Waals surface area contributed by atoms with Crippen LogP contribution in [0.5, 0.6) is 0 Å². The maximum atomic E-state index is 15.0. The van der Waals surface area contributed by atoms with Gasteiger partial charge in [-0.25, -0.2) is 8.78 Å². The summed E-state index contributed by atoms with van der Waals surface area (Å²) in [5.74, 6) is 1.69. The van der Waals surface area contributed by atoms with Crippen molar-refractivity contribution in [3.63, 3.8) is 0 Å². The molecule has 0 saturated heterocycles. The lowest BCUT2D eigenvalue weighted by Gasteiger charge is -2.28. The third-order valence-corrected chi connectivity index (χ3v) is 8.98. The molecule has 0 unspecified atom stereocenters. The van der Waals surface area contributed by atoms with Gasteiger partial charge in [-0.05, 0) is 91.7 Å². The van der Waals surface area contributed by atoms with Crippen molar-refractivity contribution in [1.29, 1.82) is 0 Å². The summed E-state index contributed by atoms with van der Waals surface area (Å²) in [6, 6.07) is 11.7. The number of aryl methyl sites for hydroxylation is 2. The first-order chi connectivity index (χ1) is 17.1. The second-order valence-corrected chi connectivity index (χ2v) is 11.4. The smallest absolute Gasteiger partial charge is 0.166 e. The van der Waals surface area contributed by atoms with Crippen LogP contribution in [0.25, 0.3) is 11.1 Å². The minimum Gasteiger partial charge on any atom is -0.203 e. The van der Waals surface area contributed by atoms with Crippen LogP contribution in [0.3, 0.4) is 0 Å². The van der Waals surface area contributed by atoms with Gasteiger partial charge in [0.15, 0.2) is 11.6 Å². The third-order valence-electron chi connectivity index (χ3n) is 8.98. The average Bonchev–Trinajstić information content (AvgIpc) is 2.90. The summed E-state index contributed by atoms with van der Waals surface area (Å²) >= 11 is 0. The van der Waals surface area contributed by atoms with Gasteiger partial charge in [0, 0.05) is 5.56 Å². The van der Waals surface area contributed by atoms with Gasteiger partial charge in [0.1, 0.15) is 0 Å². The lowest BCUT2D eigenvalue weighted by molar-refractivity contribution is 0.252. The van der Waals surface area contributed by atoms with Crippen LogP contribution in [0.4, 0.5) is 8.78 Å². The minimum absolute atomic E-state index is 0.374. The number of rotatable bonds is 10. The fourth-order valence-electron chi connectivity index (χ4n) is 6.52. The van der Waals surface area contributed by atoms with Crippen molar-refractivity contribution in [1.82, 2.24) is 0 Å². The Labute approximate surface area is 212 Å². The van der Waals surface area contributed by atoms with Crippen LogP contribution in [-0.4, -0.2) is 0 Å². The molecule has 0 bridgehead atoms. The second kappa shape index (κ2) is 12.8. The molecule has 0 nitrogen and oxygen atoms in total. The van der Waals surface area contributed by atoms with Gasteiger partial charge in [0.2, 0.25) is 0 Å². The first-order valence-corrected chi connectivity index (χ1v) is 14.3. The quantitative estimate of drug-likeness (QED) is 0.298. The molecule has 2 fully saturated rings. The normalized spacial score (nSPS) is 24.9. The molecular weight excluding hydrogens is 434 g/mol. The van der Waals surface area contributed by atoms with E-state index < -0.39 is 11.6 Å². The fourth-order valence-corrected chi connectivity index (χ4v) is 6.52. The van der Waals surface area contributed by atoms with Crippen molar-refractivity contribution < 1.29 is 8.78 Å². The van der Waals surface area contributed by atoms with Crippen LogP contribution in [0, 0.1) is 35.3 Å². The summed E-state index contributed by atoms with van der Waals surface area (Å²) in [6.45, 7) is 6.20. The lowest BCUT2D eigenvalue weighted by atomic mass is 9.78. The van der Waals surface area contributed by atoms with E-state index in [9.17, 15) is 4.39 Å². The Bertz CT molecular complexity index is 928. The van der Waals surface area contributed by atoms with E-state index in [0.717, 1.165) is 30.2 Å². The Morgan fingerprint density at radius 1 is 0.714 bits per heavy atom. The third kappa shape index (κ3) is 7.05. The number of allylic oxidation sites excluding steroid dienone is 1. The van der Waals surface area contributed by atoms with Crippen molar-refractivity contribution in [2.24, 2.45) is 23.7 Å². The maximum absolute atomic E-state index is 15.0. The molecule has 0 spiro atoms. The Balaban J connectivity index is 1.29. The van der Waals surface area contributed by atoms with Crippen LogP contribution in [0.15, 0.2) is 49.1 Å². The number of hydrogen-bond donors (Lipinski definition) is 0. The molecular formula is C33H44F2. The Morgan fingerprint density at radius 3 is 1.89 bits per heavy atom. The topological polar surface area (TPSA) is 0 Å². The van der Waals surface area contributed by atoms with Gasteiger partial charge < -0.3 is 0 Å². The zero-order chi connectivity index (χ0) is 24.6. The highest BCUT2D eigenvalue weighted by molar-refractivity contribution is 5.65. The summed E-state index contributed by atoms with van der Waals surface area (Å²) < 4.78 is 29.9. The minimum atomic E-state index is -0.700. The number of halogens is 2. The summed E-state index contributed by atoms with van der Waals surface area (Å²) in [7, 11) is 0. The molecule has 0 aliphatic heterocycles. The van der Waals surface area contributed by atoms with Crippen molar-refractivity contribution in [2.75, 3.05) is 0 Å². The zero-order valence-corrected chi connectivity index (χ0v) is 21.7. The lowest BCUT2D eigenvalue weighted by Crippen LogP contribution is -2.15. The van der Waals surface area contributed by atoms with E-state index in [0.29, 0.717) is 29.4 Å². The molecule has 2 aromatic carbocycles. The second-order valence-electron chi connectivity index (χ2n) is 11.4. The molecule has 4 rings (SSSR count). The molecule has 0 amide bonds. The Kier molecular flexibility index (Phi) is 9.58. The van der Waals surface area contributed by atoms with Crippen molar-refractivity contribution in [2.45, 2.75) is 96.8 Å². The van der Waals surface area contributed by atoms with Crippen LogP contribution in [-0.2, 0) is 12.8 Å². The van der Waals surface area contributed by atoms with Gasteiger partial charge in [-0.15, -0.1) is 6.58 Å².